The van der Waals surface area contributed by atoms with Crippen LogP contribution in [0, 0.1) is 17.8 Å². The highest BCUT2D eigenvalue weighted by Gasteiger charge is 2.30. The van der Waals surface area contributed by atoms with Gasteiger partial charge in [-0.25, -0.2) is 0 Å². The predicted octanol–water partition coefficient (Wildman–Crippen LogP) is 5.77. The van der Waals surface area contributed by atoms with E-state index in [1.807, 2.05) is 0 Å². The van der Waals surface area contributed by atoms with Crippen molar-refractivity contribution in [2.24, 2.45) is 23.5 Å². The van der Waals surface area contributed by atoms with Crippen LogP contribution in [-0.4, -0.2) is 11.4 Å². The first-order chi connectivity index (χ1) is 9.38. The number of hydrogen-bond acceptors (Lipinski definition) is 1. The van der Waals surface area contributed by atoms with E-state index in [2.05, 4.69) is 41.2 Å². The summed E-state index contributed by atoms with van der Waals surface area (Å²) in [5.74, 6) is 1.58. The molecule has 120 valence electrons. The van der Waals surface area contributed by atoms with Crippen molar-refractivity contribution in [3.8, 4) is 0 Å². The molecule has 0 saturated heterocycles. The zero-order chi connectivity index (χ0) is 15.7. The third kappa shape index (κ3) is 6.63. The highest BCUT2D eigenvalue weighted by atomic mass is 35.5. The van der Waals surface area contributed by atoms with Crippen molar-refractivity contribution >= 4 is 11.6 Å². The summed E-state index contributed by atoms with van der Waals surface area (Å²) in [4.78, 5) is 0. The smallest absolute Gasteiger partial charge is 0.0518 e. The highest BCUT2D eigenvalue weighted by Crippen LogP contribution is 2.31. The Kier molecular flexibility index (Phi) is 10.7. The van der Waals surface area contributed by atoms with Crippen LogP contribution in [0.15, 0.2) is 12.2 Å². The fourth-order valence-electron chi connectivity index (χ4n) is 3.02. The van der Waals surface area contributed by atoms with Crippen LogP contribution in [-0.2, 0) is 0 Å². The number of allylic oxidation sites excluding steroid dienone is 1. The fourth-order valence-corrected chi connectivity index (χ4v) is 3.48. The SMILES string of the molecule is C=C(CCC)C[C@@H](CC)C(N)[C@H](Cl)[C@H](C)C(C)CCC. The Bertz CT molecular complexity index is 264. The van der Waals surface area contributed by atoms with Crippen molar-refractivity contribution in [3.63, 3.8) is 0 Å². The van der Waals surface area contributed by atoms with E-state index in [-0.39, 0.29) is 11.4 Å². The average Bonchev–Trinajstić information content (AvgIpc) is 2.42. The predicted molar refractivity (Wildman–Crippen MR) is 93.3 cm³/mol. The van der Waals surface area contributed by atoms with Crippen molar-refractivity contribution in [1.82, 2.24) is 0 Å². The molecule has 0 aliphatic carbocycles. The highest BCUT2D eigenvalue weighted by molar-refractivity contribution is 6.21. The van der Waals surface area contributed by atoms with Gasteiger partial charge >= 0.3 is 0 Å². The molecule has 0 aliphatic rings. The van der Waals surface area contributed by atoms with Gasteiger partial charge in [0.1, 0.15) is 0 Å². The summed E-state index contributed by atoms with van der Waals surface area (Å²) in [5, 5.41) is 0.0657. The second kappa shape index (κ2) is 10.7. The van der Waals surface area contributed by atoms with Gasteiger partial charge in [0.15, 0.2) is 0 Å². The molecule has 0 aromatic rings. The number of nitrogens with two attached hydrogens (primary N) is 1. The van der Waals surface area contributed by atoms with Gasteiger partial charge in [0.05, 0.1) is 5.38 Å². The average molecular weight is 302 g/mol. The quantitative estimate of drug-likeness (QED) is 0.381. The van der Waals surface area contributed by atoms with Gasteiger partial charge in [0.25, 0.3) is 0 Å². The van der Waals surface area contributed by atoms with Gasteiger partial charge in [-0.3, -0.25) is 0 Å². The lowest BCUT2D eigenvalue weighted by Gasteiger charge is -2.33. The first-order valence-electron chi connectivity index (χ1n) is 8.45. The van der Waals surface area contributed by atoms with Gasteiger partial charge in [-0.2, -0.15) is 0 Å². The number of alkyl halides is 1. The molecule has 0 rings (SSSR count). The van der Waals surface area contributed by atoms with Crippen LogP contribution in [0.3, 0.4) is 0 Å². The molecule has 0 aliphatic heterocycles. The van der Waals surface area contributed by atoms with Crippen LogP contribution in [0.2, 0.25) is 0 Å². The molecule has 20 heavy (non-hydrogen) atoms. The molecular weight excluding hydrogens is 266 g/mol. The lowest BCUT2D eigenvalue weighted by atomic mass is 9.80. The first-order valence-corrected chi connectivity index (χ1v) is 8.88. The maximum absolute atomic E-state index is 6.69. The summed E-state index contributed by atoms with van der Waals surface area (Å²) >= 11 is 6.69. The third-order valence-electron chi connectivity index (χ3n) is 4.73. The lowest BCUT2D eigenvalue weighted by Crippen LogP contribution is -2.43. The van der Waals surface area contributed by atoms with Gasteiger partial charge < -0.3 is 5.73 Å². The summed E-state index contributed by atoms with van der Waals surface area (Å²) in [6, 6.07) is 0.0737. The largest absolute Gasteiger partial charge is 0.326 e. The van der Waals surface area contributed by atoms with Crippen LogP contribution in [0.1, 0.15) is 73.1 Å². The fraction of sp³-hybridized carbons (Fsp3) is 0.889. The lowest BCUT2D eigenvalue weighted by molar-refractivity contribution is 0.281. The zero-order valence-electron chi connectivity index (χ0n) is 14.3. The summed E-state index contributed by atoms with van der Waals surface area (Å²) in [6.07, 6.45) is 6.84. The Morgan fingerprint density at radius 2 is 1.75 bits per heavy atom. The third-order valence-corrected chi connectivity index (χ3v) is 5.42. The number of hydrogen-bond donors (Lipinski definition) is 1. The Hall–Kier alpha value is -0.0100. The second-order valence-electron chi connectivity index (χ2n) is 6.52. The van der Waals surface area contributed by atoms with Crippen molar-refractivity contribution in [3.05, 3.63) is 12.2 Å². The molecule has 5 atom stereocenters. The van der Waals surface area contributed by atoms with Gasteiger partial charge in [-0.1, -0.05) is 72.5 Å². The summed E-state index contributed by atoms with van der Waals surface area (Å²) in [7, 11) is 0. The van der Waals surface area contributed by atoms with Crippen molar-refractivity contribution < 1.29 is 0 Å². The van der Waals surface area contributed by atoms with Crippen molar-refractivity contribution in [2.75, 3.05) is 0 Å². The Balaban J connectivity index is 4.57. The normalized spacial score (nSPS) is 19.1. The molecule has 1 nitrogen and oxygen atoms in total. The second-order valence-corrected chi connectivity index (χ2v) is 7.02. The number of halogens is 1. The van der Waals surface area contributed by atoms with Gasteiger partial charge in [0.2, 0.25) is 0 Å². The van der Waals surface area contributed by atoms with Gasteiger partial charge in [-0.15, -0.1) is 11.6 Å². The molecule has 0 aromatic carbocycles. The molecule has 0 aromatic heterocycles. The molecule has 0 radical (unpaired) electrons. The molecule has 2 N–H and O–H groups in total. The molecule has 0 spiro atoms. The standard InChI is InChI=1S/C18H36ClN/c1-7-10-13(4)12-16(9-3)18(20)17(19)15(6)14(5)11-8-2/h14-18H,4,7-12,20H2,1-3,5-6H3/t14?,15-,16-,17-,18?/m1/s1. The first kappa shape index (κ1) is 20.0. The van der Waals surface area contributed by atoms with E-state index in [0.29, 0.717) is 17.8 Å². The Morgan fingerprint density at radius 1 is 1.15 bits per heavy atom. The zero-order valence-corrected chi connectivity index (χ0v) is 15.0. The van der Waals surface area contributed by atoms with Crippen molar-refractivity contribution in [2.45, 2.75) is 84.6 Å². The molecule has 0 amide bonds. The maximum atomic E-state index is 6.69. The van der Waals surface area contributed by atoms with Crippen LogP contribution < -0.4 is 5.73 Å². The molecule has 0 bridgehead atoms. The van der Waals surface area contributed by atoms with Gasteiger partial charge in [0, 0.05) is 6.04 Å². The van der Waals surface area contributed by atoms with E-state index in [1.165, 1.54) is 24.8 Å². The van der Waals surface area contributed by atoms with Crippen LogP contribution in [0.25, 0.3) is 0 Å². The summed E-state index contributed by atoms with van der Waals surface area (Å²) in [5.41, 5.74) is 7.81. The molecule has 0 fully saturated rings. The number of rotatable bonds is 11. The molecule has 2 heteroatoms. The molecule has 2 unspecified atom stereocenters. The summed E-state index contributed by atoms with van der Waals surface area (Å²) < 4.78 is 0. The molecule has 0 saturated carbocycles. The maximum Gasteiger partial charge on any atom is 0.0518 e. The van der Waals surface area contributed by atoms with E-state index in [4.69, 9.17) is 17.3 Å². The van der Waals surface area contributed by atoms with E-state index in [0.717, 1.165) is 19.3 Å². The Morgan fingerprint density at radius 3 is 2.20 bits per heavy atom. The van der Waals surface area contributed by atoms with Crippen LogP contribution in [0.5, 0.6) is 0 Å². The topological polar surface area (TPSA) is 26.0 Å². The van der Waals surface area contributed by atoms with Crippen molar-refractivity contribution in [1.29, 1.82) is 0 Å². The monoisotopic (exact) mass is 301 g/mol. The van der Waals surface area contributed by atoms with Gasteiger partial charge in [-0.05, 0) is 30.6 Å². The minimum Gasteiger partial charge on any atom is -0.326 e. The van der Waals surface area contributed by atoms with E-state index in [1.54, 1.807) is 0 Å². The molecule has 0 heterocycles. The molecular formula is C18H36ClN. The minimum atomic E-state index is 0.0657. The van der Waals surface area contributed by atoms with Crippen LogP contribution >= 0.6 is 11.6 Å². The summed E-state index contributed by atoms with van der Waals surface area (Å²) in [6.45, 7) is 15.4. The minimum absolute atomic E-state index is 0.0657. The Labute approximate surface area is 132 Å². The van der Waals surface area contributed by atoms with Crippen LogP contribution in [0.4, 0.5) is 0 Å². The van der Waals surface area contributed by atoms with E-state index >= 15 is 0 Å². The van der Waals surface area contributed by atoms with E-state index in [9.17, 15) is 0 Å². The van der Waals surface area contributed by atoms with E-state index < -0.39 is 0 Å².